The van der Waals surface area contributed by atoms with E-state index in [0.29, 0.717) is 23.9 Å². The summed E-state index contributed by atoms with van der Waals surface area (Å²) in [6.45, 7) is 0.621. The molecule has 0 saturated carbocycles. The van der Waals surface area contributed by atoms with Crippen molar-refractivity contribution in [2.45, 2.75) is 13.0 Å². The molecule has 0 spiro atoms. The minimum Gasteiger partial charge on any atom is -0.497 e. The zero-order chi connectivity index (χ0) is 22.5. The number of halogens is 1. The SMILES string of the molecule is COc1ccc(N2CC(C(=O)NCc3ccc(Oc4ccc(F)cc4)nc3)CC2=O)cc1. The molecule has 164 valence electrons. The Morgan fingerprint density at radius 3 is 2.47 bits per heavy atom. The van der Waals surface area contributed by atoms with Gasteiger partial charge in [0.05, 0.1) is 13.0 Å². The Balaban J connectivity index is 1.29. The van der Waals surface area contributed by atoms with Gasteiger partial charge in [-0.15, -0.1) is 0 Å². The van der Waals surface area contributed by atoms with E-state index in [0.717, 1.165) is 11.3 Å². The number of rotatable bonds is 7. The molecule has 7 nitrogen and oxygen atoms in total. The van der Waals surface area contributed by atoms with Gasteiger partial charge in [0, 0.05) is 37.5 Å². The third kappa shape index (κ3) is 5.03. The average molecular weight is 435 g/mol. The number of hydrogen-bond donors (Lipinski definition) is 1. The van der Waals surface area contributed by atoms with Crippen LogP contribution in [0.15, 0.2) is 66.9 Å². The lowest BCUT2D eigenvalue weighted by Crippen LogP contribution is -2.32. The number of ether oxygens (including phenoxy) is 2. The summed E-state index contributed by atoms with van der Waals surface area (Å²) < 4.78 is 23.7. The maximum Gasteiger partial charge on any atom is 0.227 e. The van der Waals surface area contributed by atoms with Crippen LogP contribution in [-0.2, 0) is 16.1 Å². The van der Waals surface area contributed by atoms with E-state index < -0.39 is 5.92 Å². The van der Waals surface area contributed by atoms with Crippen LogP contribution in [0.25, 0.3) is 0 Å². The van der Waals surface area contributed by atoms with Crippen molar-refractivity contribution >= 4 is 17.5 Å². The Bertz CT molecular complexity index is 1090. The van der Waals surface area contributed by atoms with Crippen LogP contribution in [0, 0.1) is 11.7 Å². The van der Waals surface area contributed by atoms with Gasteiger partial charge in [-0.3, -0.25) is 9.59 Å². The minimum absolute atomic E-state index is 0.0840. The highest BCUT2D eigenvalue weighted by atomic mass is 19.1. The number of carbonyl (C=O) groups excluding carboxylic acids is 2. The van der Waals surface area contributed by atoms with E-state index in [1.165, 1.54) is 24.3 Å². The van der Waals surface area contributed by atoms with Crippen molar-refractivity contribution in [2.24, 2.45) is 5.92 Å². The van der Waals surface area contributed by atoms with E-state index in [1.54, 1.807) is 54.6 Å². The van der Waals surface area contributed by atoms with Gasteiger partial charge in [0.1, 0.15) is 17.3 Å². The van der Waals surface area contributed by atoms with Gasteiger partial charge < -0.3 is 19.7 Å². The number of pyridine rings is 1. The van der Waals surface area contributed by atoms with E-state index in [2.05, 4.69) is 10.3 Å². The van der Waals surface area contributed by atoms with Gasteiger partial charge in [-0.05, 0) is 54.1 Å². The highest BCUT2D eigenvalue weighted by molar-refractivity contribution is 6.00. The number of nitrogens with one attached hydrogen (secondary N) is 1. The molecular weight excluding hydrogens is 413 g/mol. The van der Waals surface area contributed by atoms with Crippen LogP contribution < -0.4 is 19.7 Å². The molecule has 2 amide bonds. The first-order valence-corrected chi connectivity index (χ1v) is 10.1. The molecule has 1 aliphatic rings. The van der Waals surface area contributed by atoms with Crippen molar-refractivity contribution in [3.8, 4) is 17.4 Å². The summed E-state index contributed by atoms with van der Waals surface area (Å²) in [6.07, 6.45) is 1.77. The van der Waals surface area contributed by atoms with E-state index in [1.807, 2.05) is 0 Å². The Morgan fingerprint density at radius 1 is 1.09 bits per heavy atom. The second kappa shape index (κ2) is 9.47. The van der Waals surface area contributed by atoms with Gasteiger partial charge >= 0.3 is 0 Å². The van der Waals surface area contributed by atoms with Crippen molar-refractivity contribution in [2.75, 3.05) is 18.6 Å². The molecule has 0 bridgehead atoms. The number of amides is 2. The summed E-state index contributed by atoms with van der Waals surface area (Å²) in [5.74, 6) is 0.527. The maximum absolute atomic E-state index is 13.0. The number of hydrogen-bond acceptors (Lipinski definition) is 5. The monoisotopic (exact) mass is 435 g/mol. The smallest absolute Gasteiger partial charge is 0.227 e. The van der Waals surface area contributed by atoms with Crippen molar-refractivity contribution in [1.29, 1.82) is 0 Å². The molecule has 1 unspecified atom stereocenters. The van der Waals surface area contributed by atoms with E-state index in [4.69, 9.17) is 9.47 Å². The fourth-order valence-electron chi connectivity index (χ4n) is 3.43. The van der Waals surface area contributed by atoms with Crippen molar-refractivity contribution in [1.82, 2.24) is 10.3 Å². The molecular formula is C24H22FN3O4. The van der Waals surface area contributed by atoms with Gasteiger partial charge in [-0.25, -0.2) is 9.37 Å². The van der Waals surface area contributed by atoms with Crippen LogP contribution >= 0.6 is 0 Å². The lowest BCUT2D eigenvalue weighted by Gasteiger charge is -2.17. The van der Waals surface area contributed by atoms with Crippen LogP contribution in [0.3, 0.4) is 0 Å². The van der Waals surface area contributed by atoms with E-state index >= 15 is 0 Å². The molecule has 4 rings (SSSR count). The number of methoxy groups -OCH3 is 1. The largest absolute Gasteiger partial charge is 0.497 e. The quantitative estimate of drug-likeness (QED) is 0.612. The molecule has 1 N–H and O–H groups in total. The lowest BCUT2D eigenvalue weighted by molar-refractivity contribution is -0.126. The zero-order valence-corrected chi connectivity index (χ0v) is 17.5. The van der Waals surface area contributed by atoms with Gasteiger partial charge in [-0.2, -0.15) is 0 Å². The van der Waals surface area contributed by atoms with Crippen molar-refractivity contribution < 1.29 is 23.5 Å². The Hall–Kier alpha value is -3.94. The van der Waals surface area contributed by atoms with Crippen LogP contribution in [0.1, 0.15) is 12.0 Å². The van der Waals surface area contributed by atoms with Crippen molar-refractivity contribution in [3.63, 3.8) is 0 Å². The van der Waals surface area contributed by atoms with Crippen LogP contribution in [-0.4, -0.2) is 30.5 Å². The van der Waals surface area contributed by atoms with Gasteiger partial charge in [0.25, 0.3) is 0 Å². The molecule has 0 radical (unpaired) electrons. The number of nitrogens with zero attached hydrogens (tertiary/aromatic N) is 2. The summed E-state index contributed by atoms with van der Waals surface area (Å²) in [5.41, 5.74) is 1.54. The van der Waals surface area contributed by atoms with E-state index in [9.17, 15) is 14.0 Å². The second-order valence-electron chi connectivity index (χ2n) is 7.38. The van der Waals surface area contributed by atoms with Gasteiger partial charge in [-0.1, -0.05) is 6.07 Å². The van der Waals surface area contributed by atoms with Crippen LogP contribution in [0.2, 0.25) is 0 Å². The van der Waals surface area contributed by atoms with Gasteiger partial charge in [0.15, 0.2) is 0 Å². The molecule has 3 aromatic rings. The van der Waals surface area contributed by atoms with E-state index in [-0.39, 0.29) is 30.6 Å². The molecule has 1 aromatic heterocycles. The predicted molar refractivity (Wildman–Crippen MR) is 116 cm³/mol. The summed E-state index contributed by atoms with van der Waals surface area (Å²) in [7, 11) is 1.58. The number of carbonyl (C=O) groups is 2. The summed E-state index contributed by atoms with van der Waals surface area (Å²) in [6, 6.07) is 16.3. The molecule has 2 heterocycles. The predicted octanol–water partition coefficient (Wildman–Crippen LogP) is 3.69. The summed E-state index contributed by atoms with van der Waals surface area (Å²) in [5, 5.41) is 2.87. The minimum atomic E-state index is -0.418. The van der Waals surface area contributed by atoms with Crippen molar-refractivity contribution in [3.05, 3.63) is 78.2 Å². The molecule has 1 aliphatic heterocycles. The maximum atomic E-state index is 13.0. The average Bonchev–Trinajstić information content (AvgIpc) is 3.21. The zero-order valence-electron chi connectivity index (χ0n) is 17.5. The summed E-state index contributed by atoms with van der Waals surface area (Å²) in [4.78, 5) is 30.8. The highest BCUT2D eigenvalue weighted by Crippen LogP contribution is 2.27. The first-order chi connectivity index (χ1) is 15.5. The molecule has 1 fully saturated rings. The highest BCUT2D eigenvalue weighted by Gasteiger charge is 2.35. The Labute approximate surface area is 184 Å². The molecule has 8 heteroatoms. The first kappa shape index (κ1) is 21.3. The molecule has 1 saturated heterocycles. The van der Waals surface area contributed by atoms with Crippen LogP contribution in [0.4, 0.5) is 10.1 Å². The first-order valence-electron chi connectivity index (χ1n) is 10.1. The fourth-order valence-corrected chi connectivity index (χ4v) is 3.43. The molecule has 0 aliphatic carbocycles. The third-order valence-corrected chi connectivity index (χ3v) is 5.18. The van der Waals surface area contributed by atoms with Gasteiger partial charge in [0.2, 0.25) is 17.7 Å². The topological polar surface area (TPSA) is 80.8 Å². The lowest BCUT2D eigenvalue weighted by atomic mass is 10.1. The molecule has 32 heavy (non-hydrogen) atoms. The second-order valence-corrected chi connectivity index (χ2v) is 7.38. The third-order valence-electron chi connectivity index (χ3n) is 5.18. The Kier molecular flexibility index (Phi) is 6.30. The standard InChI is InChI=1S/C24H22FN3O4/c1-31-20-9-5-19(6-10-20)28-15-17(12-23(28)29)24(30)27-14-16-2-11-22(26-13-16)32-21-7-3-18(25)4-8-21/h2-11,13,17H,12,14-15H2,1H3,(H,27,30). The normalized spacial score (nSPS) is 15.5. The number of aromatic nitrogens is 1. The molecule has 2 aromatic carbocycles. The number of anilines is 1. The number of benzene rings is 2. The Morgan fingerprint density at radius 2 is 1.81 bits per heavy atom. The molecule has 1 atom stereocenters. The fraction of sp³-hybridized carbons (Fsp3) is 0.208. The van der Waals surface area contributed by atoms with Crippen LogP contribution in [0.5, 0.6) is 17.4 Å². The summed E-state index contributed by atoms with van der Waals surface area (Å²) >= 11 is 0.